The van der Waals surface area contributed by atoms with Crippen LogP contribution in [-0.2, 0) is 0 Å². The maximum Gasteiger partial charge on any atom is 0.194 e. The van der Waals surface area contributed by atoms with Gasteiger partial charge in [0.05, 0.1) is 0 Å². The highest BCUT2D eigenvalue weighted by Crippen LogP contribution is 2.24. The summed E-state index contributed by atoms with van der Waals surface area (Å²) < 4.78 is 0. The SMILES string of the molecule is B(c1cc#ccc1)c1c(-c2ccccc2)cccc1-c1ccccc1. The van der Waals surface area contributed by atoms with Crippen LogP contribution in [0.1, 0.15) is 0 Å². The van der Waals surface area contributed by atoms with E-state index < -0.39 is 0 Å². The van der Waals surface area contributed by atoms with Crippen LogP contribution in [0, 0.1) is 12.1 Å². The van der Waals surface area contributed by atoms with Crippen LogP contribution in [0.4, 0.5) is 0 Å². The van der Waals surface area contributed by atoms with Crippen molar-refractivity contribution in [3.8, 4) is 22.3 Å². The molecule has 0 unspecified atom stereocenters. The van der Waals surface area contributed by atoms with Gasteiger partial charge in [0, 0.05) is 0 Å². The molecule has 0 aliphatic rings. The van der Waals surface area contributed by atoms with E-state index in [4.69, 9.17) is 0 Å². The van der Waals surface area contributed by atoms with E-state index in [0.717, 1.165) is 7.28 Å². The first-order valence-corrected chi connectivity index (χ1v) is 8.51. The van der Waals surface area contributed by atoms with Gasteiger partial charge in [-0.05, 0) is 34.4 Å². The Balaban J connectivity index is 1.90. The molecule has 0 aromatic heterocycles. The summed E-state index contributed by atoms with van der Waals surface area (Å²) in [6, 6.07) is 40.0. The molecule has 0 nitrogen and oxygen atoms in total. The zero-order valence-electron chi connectivity index (χ0n) is 13.9. The molecule has 116 valence electrons. The molecule has 0 aliphatic heterocycles. The van der Waals surface area contributed by atoms with E-state index in [1.165, 1.54) is 33.2 Å². The van der Waals surface area contributed by atoms with E-state index in [-0.39, 0.29) is 0 Å². The molecule has 25 heavy (non-hydrogen) atoms. The Hall–Kier alpha value is -3.24. The van der Waals surface area contributed by atoms with Gasteiger partial charge >= 0.3 is 0 Å². The summed E-state index contributed by atoms with van der Waals surface area (Å²) in [6.07, 6.45) is 0. The number of rotatable bonds is 4. The van der Waals surface area contributed by atoms with E-state index >= 15 is 0 Å². The minimum absolute atomic E-state index is 0.875. The molecule has 4 aromatic rings. The number of hydrogen-bond acceptors (Lipinski definition) is 0. The van der Waals surface area contributed by atoms with E-state index in [2.05, 4.69) is 97.1 Å². The molecule has 0 aliphatic carbocycles. The summed E-state index contributed by atoms with van der Waals surface area (Å²) in [5, 5.41) is 0. The van der Waals surface area contributed by atoms with Gasteiger partial charge in [0.2, 0.25) is 0 Å². The molecule has 0 atom stereocenters. The molecule has 1 heteroatoms. The Kier molecular flexibility index (Phi) is 4.36. The molecular weight excluding hydrogens is 299 g/mol. The third kappa shape index (κ3) is 3.34. The first-order valence-electron chi connectivity index (χ1n) is 8.51. The van der Waals surface area contributed by atoms with Crippen LogP contribution in [0.2, 0.25) is 0 Å². The summed E-state index contributed by atoms with van der Waals surface area (Å²) in [4.78, 5) is 0. The van der Waals surface area contributed by atoms with Gasteiger partial charge in [-0.1, -0.05) is 108 Å². The maximum atomic E-state index is 3.07. The predicted octanol–water partition coefficient (Wildman–Crippen LogP) is 4.01. The van der Waals surface area contributed by atoms with Crippen LogP contribution < -0.4 is 10.9 Å². The number of benzene rings is 3. The highest BCUT2D eigenvalue weighted by Gasteiger charge is 2.13. The Morgan fingerprint density at radius 1 is 0.560 bits per heavy atom. The van der Waals surface area contributed by atoms with E-state index in [9.17, 15) is 0 Å². The van der Waals surface area contributed by atoms with Gasteiger partial charge in [-0.25, -0.2) is 0 Å². The topological polar surface area (TPSA) is 0 Å². The monoisotopic (exact) mass is 316 g/mol. The quantitative estimate of drug-likeness (QED) is 0.499. The van der Waals surface area contributed by atoms with Crippen LogP contribution in [0.15, 0.2) is 97.1 Å². The molecule has 0 fully saturated rings. The largest absolute Gasteiger partial charge is 0.194 e. The Bertz CT molecular complexity index is 887. The summed E-state index contributed by atoms with van der Waals surface area (Å²) in [6.45, 7) is 0. The molecule has 4 rings (SSSR count). The second kappa shape index (κ2) is 7.12. The summed E-state index contributed by atoms with van der Waals surface area (Å²) in [5.74, 6) is 0. The van der Waals surface area contributed by atoms with Crippen molar-refractivity contribution in [2.24, 2.45) is 0 Å². The van der Waals surface area contributed by atoms with E-state index in [0.29, 0.717) is 0 Å². The zero-order chi connectivity index (χ0) is 16.9. The average Bonchev–Trinajstić information content (AvgIpc) is 2.70. The molecular formula is C24H17B. The first-order chi connectivity index (χ1) is 12.4. The zero-order valence-corrected chi connectivity index (χ0v) is 13.9. The molecule has 0 heterocycles. The lowest BCUT2D eigenvalue weighted by molar-refractivity contribution is 1.61. The second-order valence-electron chi connectivity index (χ2n) is 6.08. The van der Waals surface area contributed by atoms with E-state index in [1.807, 2.05) is 12.1 Å². The molecule has 0 saturated carbocycles. The molecule has 0 radical (unpaired) electrons. The van der Waals surface area contributed by atoms with Crippen molar-refractivity contribution in [2.45, 2.75) is 0 Å². The van der Waals surface area contributed by atoms with Crippen LogP contribution in [0.3, 0.4) is 0 Å². The van der Waals surface area contributed by atoms with Crippen molar-refractivity contribution >= 4 is 18.2 Å². The highest BCUT2D eigenvalue weighted by molar-refractivity contribution is 6.70. The van der Waals surface area contributed by atoms with Crippen LogP contribution in [-0.4, -0.2) is 7.28 Å². The lowest BCUT2D eigenvalue weighted by Crippen LogP contribution is -2.30. The molecule has 0 bridgehead atoms. The van der Waals surface area contributed by atoms with E-state index in [1.54, 1.807) is 0 Å². The van der Waals surface area contributed by atoms with Crippen LogP contribution in [0.5, 0.6) is 0 Å². The second-order valence-corrected chi connectivity index (χ2v) is 6.08. The number of hydrogen-bond donors (Lipinski definition) is 0. The highest BCUT2D eigenvalue weighted by atomic mass is 14.1. The van der Waals surface area contributed by atoms with Crippen molar-refractivity contribution in [3.63, 3.8) is 0 Å². The molecule has 0 amide bonds. The lowest BCUT2D eigenvalue weighted by Gasteiger charge is -2.15. The fraction of sp³-hybridized carbons (Fsp3) is 0. The van der Waals surface area contributed by atoms with Crippen LogP contribution >= 0.6 is 0 Å². The Labute approximate surface area is 150 Å². The van der Waals surface area contributed by atoms with Crippen LogP contribution in [0.25, 0.3) is 22.3 Å². The molecule has 4 aromatic carbocycles. The van der Waals surface area contributed by atoms with Crippen molar-refractivity contribution < 1.29 is 0 Å². The lowest BCUT2D eigenvalue weighted by atomic mass is 9.59. The van der Waals surface area contributed by atoms with Crippen molar-refractivity contribution in [1.29, 1.82) is 0 Å². The summed E-state index contributed by atoms with van der Waals surface area (Å²) in [5.41, 5.74) is 7.67. The third-order valence-corrected chi connectivity index (χ3v) is 4.45. The summed E-state index contributed by atoms with van der Waals surface area (Å²) in [7, 11) is 0.875. The van der Waals surface area contributed by atoms with Crippen molar-refractivity contribution in [1.82, 2.24) is 0 Å². The van der Waals surface area contributed by atoms with Gasteiger partial charge < -0.3 is 0 Å². The fourth-order valence-electron chi connectivity index (χ4n) is 3.25. The Morgan fingerprint density at radius 3 is 1.68 bits per heavy atom. The molecule has 0 N–H and O–H groups in total. The first kappa shape index (κ1) is 15.3. The minimum Gasteiger partial charge on any atom is -0.0708 e. The average molecular weight is 316 g/mol. The van der Waals surface area contributed by atoms with Crippen molar-refractivity contribution in [3.05, 3.63) is 109 Å². The van der Waals surface area contributed by atoms with Gasteiger partial charge in [0.1, 0.15) is 0 Å². The maximum absolute atomic E-state index is 3.07. The third-order valence-electron chi connectivity index (χ3n) is 4.45. The predicted molar refractivity (Wildman–Crippen MR) is 108 cm³/mol. The summed E-state index contributed by atoms with van der Waals surface area (Å²) >= 11 is 0. The normalized spacial score (nSPS) is 10.1. The van der Waals surface area contributed by atoms with Gasteiger partial charge in [-0.2, -0.15) is 0 Å². The fourth-order valence-corrected chi connectivity index (χ4v) is 3.25. The smallest absolute Gasteiger partial charge is 0.0708 e. The molecule has 0 spiro atoms. The minimum atomic E-state index is 0.875. The van der Waals surface area contributed by atoms with Gasteiger partial charge in [0.25, 0.3) is 0 Å². The van der Waals surface area contributed by atoms with Gasteiger partial charge in [0.15, 0.2) is 7.28 Å². The van der Waals surface area contributed by atoms with Gasteiger partial charge in [-0.3, -0.25) is 0 Å². The van der Waals surface area contributed by atoms with Crippen molar-refractivity contribution in [2.75, 3.05) is 0 Å². The molecule has 0 saturated heterocycles. The standard InChI is InChI=1S/C24H17B/c1-4-11-19(12-5-1)22-17-10-18-23(20-13-6-2-7-14-20)24(22)25-21-15-8-3-9-16-21/h1-2,4-8,10-18,25H. The van der Waals surface area contributed by atoms with Gasteiger partial charge in [-0.15, -0.1) is 0 Å². The Morgan fingerprint density at radius 2 is 1.16 bits per heavy atom.